The Hall–Kier alpha value is -2.27. The Morgan fingerprint density at radius 1 is 0.906 bits per heavy atom. The molecule has 2 atom stereocenters. The highest BCUT2D eigenvalue weighted by Gasteiger charge is 2.33. The van der Waals surface area contributed by atoms with Crippen molar-refractivity contribution in [3.63, 3.8) is 0 Å². The smallest absolute Gasteiger partial charge is 0.139 e. The van der Waals surface area contributed by atoms with Gasteiger partial charge in [0.2, 0.25) is 0 Å². The molecule has 32 heavy (non-hydrogen) atoms. The SMILES string of the molecule is CCCCC[C@@H](O)/C(=C\[Si](C)(c1ccccc1)c1ccccc1)S(=O)c1ccc(C)cc1. The molecule has 0 bridgehead atoms. The van der Waals surface area contributed by atoms with Crippen molar-refractivity contribution in [2.24, 2.45) is 0 Å². The minimum atomic E-state index is -2.40. The molecule has 4 heteroatoms. The van der Waals surface area contributed by atoms with Crippen LogP contribution in [0.5, 0.6) is 0 Å². The number of hydrogen-bond acceptors (Lipinski definition) is 2. The summed E-state index contributed by atoms with van der Waals surface area (Å²) in [5.41, 5.74) is 3.32. The number of unbranched alkanes of at least 4 members (excludes halogenated alkanes) is 2. The minimum absolute atomic E-state index is 0.630. The van der Waals surface area contributed by atoms with Gasteiger partial charge in [-0.25, -0.2) is 4.21 Å². The van der Waals surface area contributed by atoms with Crippen molar-refractivity contribution in [3.8, 4) is 0 Å². The summed E-state index contributed by atoms with van der Waals surface area (Å²) in [6, 6.07) is 28.7. The predicted molar refractivity (Wildman–Crippen MR) is 140 cm³/mol. The quantitative estimate of drug-likeness (QED) is 0.325. The molecule has 3 aromatic carbocycles. The van der Waals surface area contributed by atoms with Crippen LogP contribution in [0, 0.1) is 6.92 Å². The molecule has 3 aromatic rings. The maximum atomic E-state index is 13.8. The molecule has 3 rings (SSSR count). The Morgan fingerprint density at radius 3 is 1.94 bits per heavy atom. The number of aliphatic hydroxyl groups is 1. The first-order valence-electron chi connectivity index (χ1n) is 11.5. The average molecular weight is 463 g/mol. The van der Waals surface area contributed by atoms with Crippen molar-refractivity contribution in [2.45, 2.75) is 57.1 Å². The second-order valence-electron chi connectivity index (χ2n) is 8.57. The van der Waals surface area contributed by atoms with Gasteiger partial charge in [0.15, 0.2) is 0 Å². The van der Waals surface area contributed by atoms with Crippen molar-refractivity contribution >= 4 is 29.2 Å². The van der Waals surface area contributed by atoms with Crippen molar-refractivity contribution in [3.05, 3.63) is 101 Å². The summed E-state index contributed by atoms with van der Waals surface area (Å²) >= 11 is 0. The first kappa shape index (κ1) is 24.4. The molecule has 1 unspecified atom stereocenters. The Bertz CT molecular complexity index is 991. The highest BCUT2D eigenvalue weighted by Crippen LogP contribution is 2.24. The zero-order valence-corrected chi connectivity index (χ0v) is 21.1. The Balaban J connectivity index is 2.13. The third kappa shape index (κ3) is 5.94. The van der Waals surface area contributed by atoms with Crippen LogP contribution in [0.4, 0.5) is 0 Å². The Labute approximate surface area is 196 Å². The van der Waals surface area contributed by atoms with Gasteiger partial charge >= 0.3 is 0 Å². The van der Waals surface area contributed by atoms with Crippen LogP contribution in [0.3, 0.4) is 0 Å². The van der Waals surface area contributed by atoms with E-state index in [0.29, 0.717) is 11.3 Å². The molecule has 0 aliphatic carbocycles. The molecule has 0 radical (unpaired) electrons. The van der Waals surface area contributed by atoms with Crippen LogP contribution in [0.15, 0.2) is 100 Å². The van der Waals surface area contributed by atoms with Gasteiger partial charge in [0.1, 0.15) is 8.07 Å². The number of hydrogen-bond donors (Lipinski definition) is 1. The highest BCUT2D eigenvalue weighted by atomic mass is 32.2. The molecule has 0 saturated heterocycles. The monoisotopic (exact) mass is 462 g/mol. The molecular formula is C28H34O2SSi. The third-order valence-electron chi connectivity index (χ3n) is 6.04. The maximum Gasteiger partial charge on any atom is 0.139 e. The molecule has 0 aromatic heterocycles. The van der Waals surface area contributed by atoms with Crippen LogP contribution in [-0.4, -0.2) is 23.5 Å². The summed E-state index contributed by atoms with van der Waals surface area (Å²) in [6.45, 7) is 6.46. The maximum absolute atomic E-state index is 13.8. The third-order valence-corrected chi connectivity index (χ3v) is 11.7. The van der Waals surface area contributed by atoms with Gasteiger partial charge in [-0.15, -0.1) is 0 Å². The molecule has 168 valence electrons. The fourth-order valence-electron chi connectivity index (χ4n) is 3.99. The van der Waals surface area contributed by atoms with E-state index in [2.05, 4.69) is 67.7 Å². The van der Waals surface area contributed by atoms with Crippen LogP contribution < -0.4 is 10.4 Å². The standard InChI is InChI=1S/C28H34O2SSi/c1-4-5-8-17-27(29)28(31(30)24-20-18-23(2)19-21-24)22-32(3,25-13-9-6-10-14-25)26-15-11-7-12-16-26/h6-7,9-16,18-22,27,29H,4-5,8,17H2,1-3H3/b28-22+/t27-,31?/m1/s1. The van der Waals surface area contributed by atoms with Gasteiger partial charge in [0, 0.05) is 9.80 Å². The van der Waals surface area contributed by atoms with Crippen LogP contribution in [0.1, 0.15) is 38.2 Å². The van der Waals surface area contributed by atoms with Gasteiger partial charge in [-0.05, 0) is 25.5 Å². The number of aryl methyl sites for hydroxylation is 1. The molecule has 0 saturated carbocycles. The van der Waals surface area contributed by atoms with Crippen molar-refractivity contribution < 1.29 is 9.32 Å². The normalized spacial score (nSPS) is 14.2. The molecule has 0 fully saturated rings. The first-order chi connectivity index (χ1) is 15.5. The second kappa shape index (κ2) is 11.6. The van der Waals surface area contributed by atoms with Gasteiger partial charge < -0.3 is 5.11 Å². The van der Waals surface area contributed by atoms with E-state index in [4.69, 9.17) is 0 Å². The largest absolute Gasteiger partial charge is 0.388 e. The van der Waals surface area contributed by atoms with E-state index in [-0.39, 0.29) is 0 Å². The van der Waals surface area contributed by atoms with E-state index < -0.39 is 25.0 Å². The van der Waals surface area contributed by atoms with Gasteiger partial charge in [-0.3, -0.25) is 0 Å². The molecule has 0 spiro atoms. The second-order valence-corrected chi connectivity index (χ2v) is 13.9. The minimum Gasteiger partial charge on any atom is -0.388 e. The highest BCUT2D eigenvalue weighted by molar-refractivity contribution is 7.89. The zero-order valence-electron chi connectivity index (χ0n) is 19.3. The summed E-state index contributed by atoms with van der Waals surface area (Å²) < 4.78 is 13.8. The summed E-state index contributed by atoms with van der Waals surface area (Å²) in [7, 11) is -3.81. The van der Waals surface area contributed by atoms with Crippen molar-refractivity contribution in [2.75, 3.05) is 0 Å². The molecular weight excluding hydrogens is 428 g/mol. The van der Waals surface area contributed by atoms with Crippen molar-refractivity contribution in [1.82, 2.24) is 0 Å². The molecule has 0 heterocycles. The van der Waals surface area contributed by atoms with Gasteiger partial charge in [0.25, 0.3) is 0 Å². The summed E-state index contributed by atoms with van der Waals surface area (Å²) in [6.07, 6.45) is 2.99. The summed E-state index contributed by atoms with van der Waals surface area (Å²) in [4.78, 5) is 1.39. The van der Waals surface area contributed by atoms with E-state index in [1.54, 1.807) is 0 Å². The van der Waals surface area contributed by atoms with Crippen molar-refractivity contribution in [1.29, 1.82) is 0 Å². The van der Waals surface area contributed by atoms with Crippen LogP contribution in [0.25, 0.3) is 0 Å². The van der Waals surface area contributed by atoms with Crippen LogP contribution in [-0.2, 0) is 10.8 Å². The van der Waals surface area contributed by atoms with E-state index in [9.17, 15) is 9.32 Å². The molecule has 0 aliphatic rings. The van der Waals surface area contributed by atoms with E-state index >= 15 is 0 Å². The first-order valence-corrected chi connectivity index (χ1v) is 15.2. The lowest BCUT2D eigenvalue weighted by Gasteiger charge is -2.28. The number of rotatable bonds is 10. The predicted octanol–water partition coefficient (Wildman–Crippen LogP) is 5.36. The van der Waals surface area contributed by atoms with Gasteiger partial charge in [0.05, 0.1) is 16.9 Å². The van der Waals surface area contributed by atoms with E-state index in [1.807, 2.05) is 43.3 Å². The number of aliphatic hydroxyl groups excluding tert-OH is 1. The lowest BCUT2D eigenvalue weighted by Crippen LogP contribution is -2.55. The van der Waals surface area contributed by atoms with Crippen LogP contribution in [0.2, 0.25) is 6.55 Å². The number of benzene rings is 3. The summed E-state index contributed by atoms with van der Waals surface area (Å²) in [5.74, 6) is 0. The lowest BCUT2D eigenvalue weighted by atomic mass is 10.1. The fourth-order valence-corrected chi connectivity index (χ4v) is 9.34. The van der Waals surface area contributed by atoms with Gasteiger partial charge in [-0.2, -0.15) is 0 Å². The van der Waals surface area contributed by atoms with E-state index in [0.717, 1.165) is 29.7 Å². The molecule has 1 N–H and O–H groups in total. The molecule has 2 nitrogen and oxygen atoms in total. The van der Waals surface area contributed by atoms with Gasteiger partial charge in [-0.1, -0.05) is 127 Å². The topological polar surface area (TPSA) is 37.3 Å². The Morgan fingerprint density at radius 2 is 1.44 bits per heavy atom. The average Bonchev–Trinajstić information content (AvgIpc) is 2.83. The van der Waals surface area contributed by atoms with E-state index in [1.165, 1.54) is 10.4 Å². The Kier molecular flexibility index (Phi) is 8.80. The zero-order chi connectivity index (χ0) is 23.0. The molecule has 0 amide bonds. The summed E-state index contributed by atoms with van der Waals surface area (Å²) in [5, 5.41) is 13.7. The lowest BCUT2D eigenvalue weighted by molar-refractivity contribution is 0.204. The fraction of sp³-hybridized carbons (Fsp3) is 0.286. The van der Waals surface area contributed by atoms with Crippen LogP contribution >= 0.6 is 0 Å². The molecule has 0 aliphatic heterocycles.